The molecule has 7 heteroatoms. The molecule has 6 nitrogen and oxygen atoms in total. The molecule has 0 unspecified atom stereocenters. The van der Waals surface area contributed by atoms with E-state index in [1.807, 2.05) is 0 Å². The lowest BCUT2D eigenvalue weighted by Crippen LogP contribution is -2.48. The van der Waals surface area contributed by atoms with Crippen molar-refractivity contribution in [2.45, 2.75) is 44.6 Å². The predicted octanol–water partition coefficient (Wildman–Crippen LogP) is 2.33. The van der Waals surface area contributed by atoms with Gasteiger partial charge < -0.3 is 10.6 Å². The standard InChI is InChI=1S/C17H20FN3O3/c1-11-5-6-12(18)13(9-11)19-14(22)10-21-15(23)17(20-16(21)24)7-3-2-4-8-17/h5-6,9H,2-4,7-8,10H2,1H3,(H,19,22)(H,20,24). The third-order valence-corrected chi connectivity index (χ3v) is 4.65. The van der Waals surface area contributed by atoms with Crippen LogP contribution in [-0.4, -0.2) is 34.8 Å². The number of anilines is 1. The number of rotatable bonds is 3. The zero-order valence-corrected chi connectivity index (χ0v) is 13.5. The molecule has 1 saturated carbocycles. The number of hydrogen-bond donors (Lipinski definition) is 2. The fraction of sp³-hybridized carbons (Fsp3) is 0.471. The summed E-state index contributed by atoms with van der Waals surface area (Å²) in [5.41, 5.74) is -0.0215. The lowest BCUT2D eigenvalue weighted by atomic mass is 9.82. The van der Waals surface area contributed by atoms with Crippen LogP contribution in [-0.2, 0) is 9.59 Å². The minimum Gasteiger partial charge on any atom is -0.323 e. The van der Waals surface area contributed by atoms with Gasteiger partial charge in [0.15, 0.2) is 0 Å². The highest BCUT2D eigenvalue weighted by Gasteiger charge is 2.51. The van der Waals surface area contributed by atoms with Crippen molar-refractivity contribution in [2.24, 2.45) is 0 Å². The zero-order valence-electron chi connectivity index (χ0n) is 13.5. The molecule has 1 spiro atoms. The normalized spacial score (nSPS) is 19.5. The summed E-state index contributed by atoms with van der Waals surface area (Å²) in [6, 6.07) is 3.80. The van der Waals surface area contributed by atoms with Crippen molar-refractivity contribution in [3.63, 3.8) is 0 Å². The Kier molecular flexibility index (Phi) is 4.26. The Bertz CT molecular complexity index is 698. The first kappa shape index (κ1) is 16.4. The van der Waals surface area contributed by atoms with Crippen molar-refractivity contribution in [1.29, 1.82) is 0 Å². The topological polar surface area (TPSA) is 78.5 Å². The molecule has 1 aromatic carbocycles. The average molecular weight is 333 g/mol. The molecular weight excluding hydrogens is 313 g/mol. The van der Waals surface area contributed by atoms with E-state index in [1.165, 1.54) is 12.1 Å². The number of hydrogen-bond acceptors (Lipinski definition) is 3. The highest BCUT2D eigenvalue weighted by atomic mass is 19.1. The van der Waals surface area contributed by atoms with Gasteiger partial charge in [-0.1, -0.05) is 25.3 Å². The average Bonchev–Trinajstić information content (AvgIpc) is 2.76. The summed E-state index contributed by atoms with van der Waals surface area (Å²) in [5, 5.41) is 5.16. The molecule has 2 aliphatic rings. The Morgan fingerprint density at radius 2 is 2.00 bits per heavy atom. The van der Waals surface area contributed by atoms with E-state index in [0.717, 1.165) is 29.7 Å². The molecule has 0 radical (unpaired) electrons. The summed E-state index contributed by atoms with van der Waals surface area (Å²) >= 11 is 0. The second kappa shape index (κ2) is 6.22. The van der Waals surface area contributed by atoms with Gasteiger partial charge in [0.2, 0.25) is 5.91 Å². The maximum atomic E-state index is 13.7. The van der Waals surface area contributed by atoms with Crippen LogP contribution in [0.1, 0.15) is 37.7 Å². The first-order valence-corrected chi connectivity index (χ1v) is 8.11. The number of carbonyl (C=O) groups excluding carboxylic acids is 3. The monoisotopic (exact) mass is 333 g/mol. The second-order valence-electron chi connectivity index (χ2n) is 6.50. The fourth-order valence-electron chi connectivity index (χ4n) is 3.38. The molecule has 24 heavy (non-hydrogen) atoms. The summed E-state index contributed by atoms with van der Waals surface area (Å²) in [6.07, 6.45) is 3.99. The van der Waals surface area contributed by atoms with Gasteiger partial charge in [0, 0.05) is 0 Å². The smallest absolute Gasteiger partial charge is 0.323 e. The highest BCUT2D eigenvalue weighted by Crippen LogP contribution is 2.33. The van der Waals surface area contributed by atoms with Crippen molar-refractivity contribution < 1.29 is 18.8 Å². The quantitative estimate of drug-likeness (QED) is 0.833. The van der Waals surface area contributed by atoms with Crippen LogP contribution >= 0.6 is 0 Å². The molecule has 1 aromatic rings. The van der Waals surface area contributed by atoms with E-state index in [-0.39, 0.29) is 11.6 Å². The van der Waals surface area contributed by atoms with E-state index in [1.54, 1.807) is 13.0 Å². The van der Waals surface area contributed by atoms with Crippen molar-refractivity contribution in [3.05, 3.63) is 29.6 Å². The van der Waals surface area contributed by atoms with Crippen molar-refractivity contribution in [2.75, 3.05) is 11.9 Å². The van der Waals surface area contributed by atoms with Crippen LogP contribution in [0.4, 0.5) is 14.9 Å². The van der Waals surface area contributed by atoms with Gasteiger partial charge in [0.1, 0.15) is 17.9 Å². The van der Waals surface area contributed by atoms with Crippen LogP contribution in [0.3, 0.4) is 0 Å². The molecule has 0 atom stereocenters. The van der Waals surface area contributed by atoms with Crippen LogP contribution in [0.25, 0.3) is 0 Å². The molecule has 2 fully saturated rings. The molecule has 1 heterocycles. The van der Waals surface area contributed by atoms with E-state index >= 15 is 0 Å². The first-order valence-electron chi connectivity index (χ1n) is 8.11. The molecule has 2 N–H and O–H groups in total. The Balaban J connectivity index is 1.69. The van der Waals surface area contributed by atoms with Crippen molar-refractivity contribution in [1.82, 2.24) is 10.2 Å². The van der Waals surface area contributed by atoms with Crippen LogP contribution in [0.5, 0.6) is 0 Å². The summed E-state index contributed by atoms with van der Waals surface area (Å²) in [5.74, 6) is -1.52. The third-order valence-electron chi connectivity index (χ3n) is 4.65. The van der Waals surface area contributed by atoms with Crippen molar-refractivity contribution in [3.8, 4) is 0 Å². The summed E-state index contributed by atoms with van der Waals surface area (Å²) < 4.78 is 13.7. The van der Waals surface area contributed by atoms with E-state index in [9.17, 15) is 18.8 Å². The lowest BCUT2D eigenvalue weighted by Gasteiger charge is -2.30. The Hall–Kier alpha value is -2.44. The van der Waals surface area contributed by atoms with E-state index in [4.69, 9.17) is 0 Å². The Labute approximate surface area is 139 Å². The Morgan fingerprint density at radius 1 is 1.29 bits per heavy atom. The SMILES string of the molecule is Cc1ccc(F)c(NC(=O)CN2C(=O)NC3(CCCCC3)C2=O)c1. The molecule has 4 amide bonds. The number of nitrogens with one attached hydrogen (secondary N) is 2. The number of imide groups is 1. The largest absolute Gasteiger partial charge is 0.325 e. The number of nitrogens with zero attached hydrogens (tertiary/aromatic N) is 1. The van der Waals surface area contributed by atoms with Gasteiger partial charge in [-0.2, -0.15) is 0 Å². The number of aryl methyl sites for hydroxylation is 1. The second-order valence-corrected chi connectivity index (χ2v) is 6.50. The third kappa shape index (κ3) is 2.98. The van der Waals surface area contributed by atoms with Gasteiger partial charge in [-0.05, 0) is 37.5 Å². The summed E-state index contributed by atoms with van der Waals surface area (Å²) in [7, 11) is 0. The molecule has 1 saturated heterocycles. The van der Waals surface area contributed by atoms with Crippen molar-refractivity contribution >= 4 is 23.5 Å². The lowest BCUT2D eigenvalue weighted by molar-refractivity contribution is -0.134. The molecule has 1 aliphatic carbocycles. The number of halogens is 1. The van der Waals surface area contributed by atoms with Crippen LogP contribution in [0.2, 0.25) is 0 Å². The molecule has 128 valence electrons. The maximum absolute atomic E-state index is 13.7. The minimum atomic E-state index is -0.857. The number of amides is 4. The van der Waals surface area contributed by atoms with Gasteiger partial charge in [0.05, 0.1) is 5.69 Å². The molecular formula is C17H20FN3O3. The summed E-state index contributed by atoms with van der Waals surface area (Å²) in [6.45, 7) is 1.36. The number of benzene rings is 1. The van der Waals surface area contributed by atoms with Gasteiger partial charge in [-0.3, -0.25) is 14.5 Å². The van der Waals surface area contributed by atoms with E-state index in [0.29, 0.717) is 12.8 Å². The maximum Gasteiger partial charge on any atom is 0.325 e. The zero-order chi connectivity index (χ0) is 17.3. The molecule has 1 aliphatic heterocycles. The van der Waals surface area contributed by atoms with Gasteiger partial charge >= 0.3 is 6.03 Å². The van der Waals surface area contributed by atoms with Crippen LogP contribution in [0, 0.1) is 12.7 Å². The molecule has 0 bridgehead atoms. The fourth-order valence-corrected chi connectivity index (χ4v) is 3.38. The van der Waals surface area contributed by atoms with Gasteiger partial charge in [0.25, 0.3) is 5.91 Å². The number of carbonyl (C=O) groups is 3. The predicted molar refractivity (Wildman–Crippen MR) is 85.8 cm³/mol. The van der Waals surface area contributed by atoms with Gasteiger partial charge in [-0.15, -0.1) is 0 Å². The van der Waals surface area contributed by atoms with Crippen LogP contribution in [0.15, 0.2) is 18.2 Å². The highest BCUT2D eigenvalue weighted by molar-refractivity contribution is 6.10. The van der Waals surface area contributed by atoms with E-state index in [2.05, 4.69) is 10.6 Å². The molecule has 3 rings (SSSR count). The number of urea groups is 1. The minimum absolute atomic E-state index is 0.0411. The molecule has 0 aromatic heterocycles. The first-order chi connectivity index (χ1) is 11.4. The summed E-state index contributed by atoms with van der Waals surface area (Å²) in [4.78, 5) is 37.8. The van der Waals surface area contributed by atoms with Gasteiger partial charge in [-0.25, -0.2) is 9.18 Å². The van der Waals surface area contributed by atoms with Crippen LogP contribution < -0.4 is 10.6 Å². The Morgan fingerprint density at radius 3 is 2.71 bits per heavy atom. The van der Waals surface area contributed by atoms with E-state index < -0.39 is 29.8 Å².